The van der Waals surface area contributed by atoms with Crippen LogP contribution in [0.4, 0.5) is 0 Å². The Balaban J connectivity index is 2.30. The normalized spacial score (nSPS) is 23.2. The molecule has 0 saturated carbocycles. The molecule has 6 heteroatoms. The fourth-order valence-corrected chi connectivity index (χ4v) is 3.82. The fourth-order valence-electron chi connectivity index (χ4n) is 2.42. The minimum absolute atomic E-state index is 0.0377. The molecule has 0 bridgehead atoms. The van der Waals surface area contributed by atoms with Crippen molar-refractivity contribution in [2.24, 2.45) is 0 Å². The average molecular weight is 277 g/mol. The second-order valence-corrected chi connectivity index (χ2v) is 7.41. The SMILES string of the molecule is CC(CN(C)C)NS(=O)(=O)CCC1CCCCN1. The van der Waals surface area contributed by atoms with Crippen LogP contribution in [0.25, 0.3) is 0 Å². The Morgan fingerprint density at radius 1 is 1.39 bits per heavy atom. The summed E-state index contributed by atoms with van der Waals surface area (Å²) in [6.07, 6.45) is 4.23. The lowest BCUT2D eigenvalue weighted by atomic mass is 10.0. The maximum Gasteiger partial charge on any atom is 0.211 e. The van der Waals surface area contributed by atoms with E-state index < -0.39 is 10.0 Å². The van der Waals surface area contributed by atoms with E-state index in [2.05, 4.69) is 10.0 Å². The Kier molecular flexibility index (Phi) is 6.55. The molecule has 5 nitrogen and oxygen atoms in total. The molecular formula is C12H27N3O2S. The molecule has 108 valence electrons. The summed E-state index contributed by atoms with van der Waals surface area (Å²) < 4.78 is 26.5. The molecule has 1 fully saturated rings. The summed E-state index contributed by atoms with van der Waals surface area (Å²) >= 11 is 0. The summed E-state index contributed by atoms with van der Waals surface area (Å²) in [5.74, 6) is 0.225. The van der Waals surface area contributed by atoms with Crippen molar-refractivity contribution in [2.75, 3.05) is 32.9 Å². The highest BCUT2D eigenvalue weighted by Gasteiger charge is 2.19. The summed E-state index contributed by atoms with van der Waals surface area (Å²) in [6.45, 7) is 3.65. The van der Waals surface area contributed by atoms with E-state index in [1.807, 2.05) is 25.9 Å². The third-order valence-electron chi connectivity index (χ3n) is 3.17. The second kappa shape index (κ2) is 7.43. The van der Waals surface area contributed by atoms with Gasteiger partial charge < -0.3 is 10.2 Å². The van der Waals surface area contributed by atoms with Crippen molar-refractivity contribution >= 4 is 10.0 Å². The van der Waals surface area contributed by atoms with E-state index in [0.717, 1.165) is 19.5 Å². The van der Waals surface area contributed by atoms with Crippen molar-refractivity contribution in [2.45, 2.75) is 44.7 Å². The smallest absolute Gasteiger partial charge is 0.211 e. The Hall–Kier alpha value is -0.170. The molecule has 0 aromatic carbocycles. The van der Waals surface area contributed by atoms with Crippen molar-refractivity contribution in [1.82, 2.24) is 14.9 Å². The molecule has 1 saturated heterocycles. The van der Waals surface area contributed by atoms with Crippen LogP contribution in [0, 0.1) is 0 Å². The van der Waals surface area contributed by atoms with Gasteiger partial charge >= 0.3 is 0 Å². The summed E-state index contributed by atoms with van der Waals surface area (Å²) in [6, 6.07) is 0.337. The highest BCUT2D eigenvalue weighted by molar-refractivity contribution is 7.89. The standard InChI is InChI=1S/C12H27N3O2S/c1-11(10-15(2)3)14-18(16,17)9-7-12-6-4-5-8-13-12/h11-14H,4-10H2,1-3H3. The van der Waals surface area contributed by atoms with Crippen molar-refractivity contribution < 1.29 is 8.42 Å². The van der Waals surface area contributed by atoms with Crippen LogP contribution < -0.4 is 10.0 Å². The van der Waals surface area contributed by atoms with E-state index >= 15 is 0 Å². The van der Waals surface area contributed by atoms with Crippen molar-refractivity contribution in [3.63, 3.8) is 0 Å². The molecule has 18 heavy (non-hydrogen) atoms. The Labute approximate surface area is 111 Å². The highest BCUT2D eigenvalue weighted by atomic mass is 32.2. The summed E-state index contributed by atoms with van der Waals surface area (Å²) in [5, 5.41) is 3.38. The van der Waals surface area contributed by atoms with E-state index in [0.29, 0.717) is 12.5 Å². The van der Waals surface area contributed by atoms with E-state index in [-0.39, 0.29) is 11.8 Å². The third kappa shape index (κ3) is 6.68. The largest absolute Gasteiger partial charge is 0.314 e. The van der Waals surface area contributed by atoms with Crippen LogP contribution in [0.1, 0.15) is 32.6 Å². The lowest BCUT2D eigenvalue weighted by Gasteiger charge is -2.24. The first kappa shape index (κ1) is 15.9. The van der Waals surface area contributed by atoms with Crippen LogP contribution in [0.5, 0.6) is 0 Å². The maximum absolute atomic E-state index is 11.9. The van der Waals surface area contributed by atoms with Gasteiger partial charge in [-0.05, 0) is 46.8 Å². The number of nitrogens with one attached hydrogen (secondary N) is 2. The van der Waals surface area contributed by atoms with Gasteiger partial charge in [0, 0.05) is 18.6 Å². The number of likely N-dealkylation sites (N-methyl/N-ethyl adjacent to an activating group) is 1. The minimum Gasteiger partial charge on any atom is -0.314 e. The van der Waals surface area contributed by atoms with Gasteiger partial charge in [-0.1, -0.05) is 6.42 Å². The third-order valence-corrected chi connectivity index (χ3v) is 4.70. The molecule has 0 amide bonds. The van der Waals surface area contributed by atoms with Gasteiger partial charge in [0.05, 0.1) is 5.75 Å². The predicted molar refractivity (Wildman–Crippen MR) is 75.2 cm³/mol. The molecule has 2 atom stereocenters. The van der Waals surface area contributed by atoms with E-state index in [4.69, 9.17) is 0 Å². The monoisotopic (exact) mass is 277 g/mol. The zero-order valence-electron chi connectivity index (χ0n) is 11.8. The molecule has 1 heterocycles. The van der Waals surface area contributed by atoms with Crippen molar-refractivity contribution in [3.8, 4) is 0 Å². The van der Waals surface area contributed by atoms with Crippen LogP contribution in [-0.2, 0) is 10.0 Å². The number of rotatable bonds is 7. The van der Waals surface area contributed by atoms with Crippen LogP contribution in [0.2, 0.25) is 0 Å². The van der Waals surface area contributed by atoms with Crippen LogP contribution in [-0.4, -0.2) is 58.3 Å². The van der Waals surface area contributed by atoms with Crippen molar-refractivity contribution in [3.05, 3.63) is 0 Å². The molecular weight excluding hydrogens is 250 g/mol. The molecule has 0 spiro atoms. The predicted octanol–water partition coefficient (Wildman–Crippen LogP) is 0.388. The second-order valence-electron chi connectivity index (χ2n) is 5.54. The lowest BCUT2D eigenvalue weighted by molar-refractivity contribution is 0.368. The number of piperidine rings is 1. The Morgan fingerprint density at radius 3 is 2.67 bits per heavy atom. The quantitative estimate of drug-likeness (QED) is 0.707. The molecule has 0 aromatic heterocycles. The number of nitrogens with zero attached hydrogens (tertiary/aromatic N) is 1. The molecule has 1 rings (SSSR count). The van der Waals surface area contributed by atoms with Gasteiger partial charge in [0.2, 0.25) is 10.0 Å². The first-order valence-electron chi connectivity index (χ1n) is 6.77. The van der Waals surface area contributed by atoms with E-state index in [1.165, 1.54) is 12.8 Å². The first-order valence-corrected chi connectivity index (χ1v) is 8.42. The molecule has 0 aromatic rings. The molecule has 1 aliphatic rings. The van der Waals surface area contributed by atoms with Crippen molar-refractivity contribution in [1.29, 1.82) is 0 Å². The summed E-state index contributed by atoms with van der Waals surface area (Å²) in [7, 11) is 0.740. The summed E-state index contributed by atoms with van der Waals surface area (Å²) in [5.41, 5.74) is 0. The van der Waals surface area contributed by atoms with Gasteiger partial charge in [-0.2, -0.15) is 0 Å². The van der Waals surface area contributed by atoms with Crippen LogP contribution in [0.15, 0.2) is 0 Å². The number of hydrogen-bond donors (Lipinski definition) is 2. The maximum atomic E-state index is 11.9. The average Bonchev–Trinajstić information content (AvgIpc) is 2.26. The van der Waals surface area contributed by atoms with Gasteiger partial charge in [-0.25, -0.2) is 13.1 Å². The highest BCUT2D eigenvalue weighted by Crippen LogP contribution is 2.10. The minimum atomic E-state index is -3.14. The summed E-state index contributed by atoms with van der Waals surface area (Å²) in [4.78, 5) is 1.98. The zero-order valence-corrected chi connectivity index (χ0v) is 12.6. The van der Waals surface area contributed by atoms with Gasteiger partial charge in [0.1, 0.15) is 0 Å². The molecule has 0 aliphatic carbocycles. The first-order chi connectivity index (χ1) is 8.39. The Bertz CT molecular complexity index is 324. The van der Waals surface area contributed by atoms with Gasteiger partial charge in [-0.15, -0.1) is 0 Å². The molecule has 2 N–H and O–H groups in total. The molecule has 1 aliphatic heterocycles. The van der Waals surface area contributed by atoms with Gasteiger partial charge in [-0.3, -0.25) is 0 Å². The lowest BCUT2D eigenvalue weighted by Crippen LogP contribution is -2.42. The number of sulfonamides is 1. The van der Waals surface area contributed by atoms with Gasteiger partial charge in [0.15, 0.2) is 0 Å². The van der Waals surface area contributed by atoms with E-state index in [1.54, 1.807) is 0 Å². The molecule has 0 radical (unpaired) electrons. The van der Waals surface area contributed by atoms with E-state index in [9.17, 15) is 8.42 Å². The zero-order chi connectivity index (χ0) is 13.6. The van der Waals surface area contributed by atoms with Gasteiger partial charge in [0.25, 0.3) is 0 Å². The number of hydrogen-bond acceptors (Lipinski definition) is 4. The fraction of sp³-hybridized carbons (Fsp3) is 1.00. The van der Waals surface area contributed by atoms with Crippen LogP contribution in [0.3, 0.4) is 0 Å². The topological polar surface area (TPSA) is 61.4 Å². The van der Waals surface area contributed by atoms with Crippen LogP contribution >= 0.6 is 0 Å². The Morgan fingerprint density at radius 2 is 2.11 bits per heavy atom. The molecule has 2 unspecified atom stereocenters.